The quantitative estimate of drug-likeness (QED) is 0.204. The number of H-pyrrole nitrogens is 1. The normalized spacial score (nSPS) is 15.0. The van der Waals surface area contributed by atoms with Gasteiger partial charge in [0.05, 0.1) is 38.9 Å². The minimum Gasteiger partial charge on any atom is -0.493 e. The second-order valence-corrected chi connectivity index (χ2v) is 11.6. The van der Waals surface area contributed by atoms with E-state index >= 15 is 0 Å². The van der Waals surface area contributed by atoms with Crippen LogP contribution in [0.5, 0.6) is 11.5 Å². The van der Waals surface area contributed by atoms with Gasteiger partial charge in [0.2, 0.25) is 5.91 Å². The van der Waals surface area contributed by atoms with Crippen LogP contribution in [0.2, 0.25) is 0 Å². The van der Waals surface area contributed by atoms with Gasteiger partial charge >= 0.3 is 0 Å². The summed E-state index contributed by atoms with van der Waals surface area (Å²) in [6.07, 6.45) is 3.62. The maximum Gasteiger partial charge on any atom is 0.231 e. The third-order valence-corrected chi connectivity index (χ3v) is 8.79. The summed E-state index contributed by atoms with van der Waals surface area (Å²) in [7, 11) is 1.64. The number of methoxy groups -OCH3 is 1. The maximum absolute atomic E-state index is 13.5. The molecular weight excluding hydrogens is 568 g/mol. The molecule has 10 nitrogen and oxygen atoms in total. The molecule has 2 aromatic heterocycles. The molecule has 0 saturated carbocycles. The lowest BCUT2D eigenvalue weighted by molar-refractivity contribution is -0.117. The number of hydrogen-bond acceptors (Lipinski definition) is 8. The maximum atomic E-state index is 13.5. The molecule has 4 heterocycles. The Morgan fingerprint density at radius 1 is 1.02 bits per heavy atom. The van der Waals surface area contributed by atoms with E-state index in [0.29, 0.717) is 36.9 Å². The van der Waals surface area contributed by atoms with Gasteiger partial charge in [0.15, 0.2) is 11.5 Å². The first kappa shape index (κ1) is 29.1. The second-order valence-electron chi connectivity index (χ2n) is 11.6. The van der Waals surface area contributed by atoms with Gasteiger partial charge in [0.25, 0.3) is 0 Å². The van der Waals surface area contributed by atoms with Crippen molar-refractivity contribution in [1.82, 2.24) is 19.9 Å². The SMILES string of the molecule is COc1cc2ncnc(Nc3ccc4c(c3)CCN4C(=O)Cc3c(C)[nH]c4ccccc34)c2cc1OCCCN1CCOCC1. The third-order valence-electron chi connectivity index (χ3n) is 8.79. The molecule has 0 unspecified atom stereocenters. The Morgan fingerprint density at radius 3 is 2.76 bits per heavy atom. The van der Waals surface area contributed by atoms with Crippen LogP contribution in [0.25, 0.3) is 21.8 Å². The number of carbonyl (C=O) groups is 1. The minimum atomic E-state index is 0.107. The number of nitrogens with zero attached hydrogens (tertiary/aromatic N) is 4. The molecule has 45 heavy (non-hydrogen) atoms. The predicted octanol–water partition coefficient (Wildman–Crippen LogP) is 5.40. The van der Waals surface area contributed by atoms with Gasteiger partial charge < -0.3 is 29.4 Å². The van der Waals surface area contributed by atoms with Gasteiger partial charge in [-0.1, -0.05) is 18.2 Å². The summed E-state index contributed by atoms with van der Waals surface area (Å²) in [4.78, 5) is 30.3. The van der Waals surface area contributed by atoms with E-state index in [1.165, 1.54) is 0 Å². The van der Waals surface area contributed by atoms with Crippen molar-refractivity contribution in [3.63, 3.8) is 0 Å². The number of carbonyl (C=O) groups excluding carboxylic acids is 1. The van der Waals surface area contributed by atoms with Crippen LogP contribution in [0.1, 0.15) is 23.2 Å². The highest BCUT2D eigenvalue weighted by Gasteiger charge is 2.26. The zero-order valence-corrected chi connectivity index (χ0v) is 25.8. The molecule has 2 aliphatic heterocycles. The van der Waals surface area contributed by atoms with Gasteiger partial charge in [-0.15, -0.1) is 0 Å². The van der Waals surface area contributed by atoms with Crippen LogP contribution in [-0.2, 0) is 22.4 Å². The second kappa shape index (κ2) is 12.7. The average molecular weight is 607 g/mol. The number of aromatic nitrogens is 3. The molecule has 2 N–H and O–H groups in total. The van der Waals surface area contributed by atoms with Crippen molar-refractivity contribution < 1.29 is 19.0 Å². The molecule has 0 spiro atoms. The Bertz CT molecular complexity index is 1850. The fourth-order valence-corrected chi connectivity index (χ4v) is 6.42. The van der Waals surface area contributed by atoms with Crippen molar-refractivity contribution >= 4 is 44.9 Å². The first-order valence-electron chi connectivity index (χ1n) is 15.6. The number of nitrogens with one attached hydrogen (secondary N) is 2. The number of para-hydroxylation sites is 1. The average Bonchev–Trinajstić information content (AvgIpc) is 3.63. The standard InChI is InChI=1S/C35H38N6O4/c1-23-27(26-6-3-4-7-29(26)38-23)20-34(42)41-12-10-24-18-25(8-9-31(24)41)39-35-28-19-33(32(43-2)21-30(28)36-22-37-35)45-15-5-11-40-13-16-44-17-14-40/h3-4,6-9,18-19,21-22,38H,5,10-17,20H2,1-2H3,(H,36,37,39). The van der Waals surface area contributed by atoms with Gasteiger partial charge in [0.1, 0.15) is 12.1 Å². The molecule has 2 aliphatic rings. The highest BCUT2D eigenvalue weighted by molar-refractivity contribution is 6.00. The number of amides is 1. The fraction of sp³-hybridized carbons (Fsp3) is 0.343. The minimum absolute atomic E-state index is 0.107. The summed E-state index contributed by atoms with van der Waals surface area (Å²) < 4.78 is 17.3. The highest BCUT2D eigenvalue weighted by atomic mass is 16.5. The molecule has 5 aromatic rings. The molecule has 1 saturated heterocycles. The van der Waals surface area contributed by atoms with E-state index in [1.807, 2.05) is 48.2 Å². The van der Waals surface area contributed by atoms with E-state index in [9.17, 15) is 4.79 Å². The zero-order chi connectivity index (χ0) is 30.8. The van der Waals surface area contributed by atoms with Gasteiger partial charge in [-0.25, -0.2) is 9.97 Å². The Morgan fingerprint density at radius 2 is 1.89 bits per heavy atom. The Balaban J connectivity index is 1.06. The molecule has 0 bridgehead atoms. The van der Waals surface area contributed by atoms with E-state index in [0.717, 1.165) is 95.7 Å². The Kier molecular flexibility index (Phi) is 8.23. The van der Waals surface area contributed by atoms with Crippen molar-refractivity contribution in [1.29, 1.82) is 0 Å². The molecule has 1 amide bonds. The van der Waals surface area contributed by atoms with E-state index < -0.39 is 0 Å². The fourth-order valence-electron chi connectivity index (χ4n) is 6.42. The third kappa shape index (κ3) is 6.03. The van der Waals surface area contributed by atoms with E-state index in [1.54, 1.807) is 13.4 Å². The number of anilines is 3. The highest BCUT2D eigenvalue weighted by Crippen LogP contribution is 2.36. The summed E-state index contributed by atoms with van der Waals surface area (Å²) in [6.45, 7) is 7.77. The number of aryl methyl sites for hydroxylation is 1. The van der Waals surface area contributed by atoms with Gasteiger partial charge in [-0.3, -0.25) is 9.69 Å². The van der Waals surface area contributed by atoms with Crippen LogP contribution >= 0.6 is 0 Å². The van der Waals surface area contributed by atoms with Crippen molar-refractivity contribution in [2.24, 2.45) is 0 Å². The first-order chi connectivity index (χ1) is 22.1. The van der Waals surface area contributed by atoms with Crippen LogP contribution in [0, 0.1) is 6.92 Å². The predicted molar refractivity (Wildman–Crippen MR) is 176 cm³/mol. The summed E-state index contributed by atoms with van der Waals surface area (Å²) >= 11 is 0. The van der Waals surface area contributed by atoms with Crippen LogP contribution < -0.4 is 19.7 Å². The molecular formula is C35H38N6O4. The monoisotopic (exact) mass is 606 g/mol. The van der Waals surface area contributed by atoms with Crippen molar-refractivity contribution in [2.45, 2.75) is 26.2 Å². The number of benzene rings is 3. The number of morpholine rings is 1. The largest absolute Gasteiger partial charge is 0.493 e. The van der Waals surface area contributed by atoms with Gasteiger partial charge in [-0.05, 0) is 61.2 Å². The number of hydrogen-bond donors (Lipinski definition) is 2. The lowest BCUT2D eigenvalue weighted by Crippen LogP contribution is -2.37. The first-order valence-corrected chi connectivity index (χ1v) is 15.6. The lowest BCUT2D eigenvalue weighted by Gasteiger charge is -2.26. The summed E-state index contributed by atoms with van der Waals surface area (Å²) in [5.74, 6) is 2.10. The molecule has 0 aliphatic carbocycles. The van der Waals surface area contributed by atoms with Crippen LogP contribution in [-0.4, -0.2) is 78.9 Å². The summed E-state index contributed by atoms with van der Waals surface area (Å²) in [5.41, 5.74) is 6.93. The molecule has 7 rings (SSSR count). The number of rotatable bonds is 10. The summed E-state index contributed by atoms with van der Waals surface area (Å²) in [6, 6.07) is 18.1. The lowest BCUT2D eigenvalue weighted by atomic mass is 10.1. The molecule has 0 radical (unpaired) electrons. The number of fused-ring (bicyclic) bond motifs is 3. The molecule has 0 atom stereocenters. The van der Waals surface area contributed by atoms with E-state index in [-0.39, 0.29) is 5.91 Å². The zero-order valence-electron chi connectivity index (χ0n) is 25.8. The molecule has 3 aromatic carbocycles. The number of aromatic amines is 1. The van der Waals surface area contributed by atoms with Gasteiger partial charge in [-0.2, -0.15) is 0 Å². The molecule has 1 fully saturated rings. The van der Waals surface area contributed by atoms with Crippen LogP contribution in [0.3, 0.4) is 0 Å². The van der Waals surface area contributed by atoms with Crippen LogP contribution in [0.15, 0.2) is 60.9 Å². The van der Waals surface area contributed by atoms with Crippen molar-refractivity contribution in [2.75, 3.05) is 63.3 Å². The van der Waals surface area contributed by atoms with E-state index in [4.69, 9.17) is 14.2 Å². The Labute approximate surface area is 262 Å². The summed E-state index contributed by atoms with van der Waals surface area (Å²) in [5, 5.41) is 5.44. The molecule has 232 valence electrons. The van der Waals surface area contributed by atoms with Crippen LogP contribution in [0.4, 0.5) is 17.2 Å². The smallest absolute Gasteiger partial charge is 0.231 e. The number of ether oxygens (including phenoxy) is 3. The topological polar surface area (TPSA) is 105 Å². The van der Waals surface area contributed by atoms with Gasteiger partial charge in [0, 0.05) is 65.6 Å². The van der Waals surface area contributed by atoms with Crippen molar-refractivity contribution in [3.8, 4) is 11.5 Å². The Hall–Kier alpha value is -4.67. The van der Waals surface area contributed by atoms with E-state index in [2.05, 4.69) is 43.4 Å². The van der Waals surface area contributed by atoms with Crippen molar-refractivity contribution in [3.05, 3.63) is 77.7 Å². The molecule has 10 heteroatoms.